The average molecular weight is 393 g/mol. The van der Waals surface area contributed by atoms with Gasteiger partial charge in [0.2, 0.25) is 0 Å². The van der Waals surface area contributed by atoms with Crippen molar-refractivity contribution >= 4 is 0 Å². The standard InChI is InChI=1S/C27H36O2/c1-5-6-7-9-16-21-25-26(29-27(3,4)28-25)22-17-11-8-10-13-18-23(2)24-19-14-12-15-20-24/h12-15,18-20,23,25-26H,5-7,9,16,21-22H2,1-4H3/b18-13+/t23?,25-,26-/m1/s1. The topological polar surface area (TPSA) is 18.5 Å². The number of benzene rings is 1. The van der Waals surface area contributed by atoms with Crippen molar-refractivity contribution in [1.82, 2.24) is 0 Å². The molecule has 2 heteroatoms. The van der Waals surface area contributed by atoms with Gasteiger partial charge in [-0.2, -0.15) is 0 Å². The fraction of sp³-hybridized carbons (Fsp3) is 0.556. The number of hydrogen-bond donors (Lipinski definition) is 0. The first-order chi connectivity index (χ1) is 14.0. The van der Waals surface area contributed by atoms with Crippen LogP contribution < -0.4 is 0 Å². The van der Waals surface area contributed by atoms with Gasteiger partial charge in [0.1, 0.15) is 0 Å². The number of hydrogen-bond acceptors (Lipinski definition) is 2. The van der Waals surface area contributed by atoms with Crippen molar-refractivity contribution in [3.05, 3.63) is 48.0 Å². The maximum Gasteiger partial charge on any atom is 0.163 e. The normalized spacial score (nSPS) is 21.2. The highest BCUT2D eigenvalue weighted by molar-refractivity contribution is 5.32. The molecule has 0 N–H and O–H groups in total. The summed E-state index contributed by atoms with van der Waals surface area (Å²) in [5.74, 6) is 11.9. The van der Waals surface area contributed by atoms with Crippen LogP contribution in [0.3, 0.4) is 0 Å². The number of rotatable bonds is 9. The Hall–Kier alpha value is -2.00. The predicted octanol–water partition coefficient (Wildman–Crippen LogP) is 6.62. The van der Waals surface area contributed by atoms with E-state index in [-0.39, 0.29) is 12.2 Å². The van der Waals surface area contributed by atoms with E-state index >= 15 is 0 Å². The first kappa shape index (κ1) is 23.3. The van der Waals surface area contributed by atoms with Crippen LogP contribution in [0.1, 0.15) is 84.1 Å². The van der Waals surface area contributed by atoms with Crippen molar-refractivity contribution < 1.29 is 9.47 Å². The Morgan fingerprint density at radius 3 is 2.48 bits per heavy atom. The van der Waals surface area contributed by atoms with Crippen molar-refractivity contribution in [1.29, 1.82) is 0 Å². The zero-order valence-corrected chi connectivity index (χ0v) is 18.5. The van der Waals surface area contributed by atoms with E-state index in [1.165, 1.54) is 37.7 Å². The van der Waals surface area contributed by atoms with E-state index in [4.69, 9.17) is 9.47 Å². The van der Waals surface area contributed by atoms with Gasteiger partial charge in [-0.1, -0.05) is 94.2 Å². The molecule has 0 spiro atoms. The number of allylic oxidation sites excluding steroid dienone is 2. The second kappa shape index (κ2) is 12.5. The molecule has 1 aromatic rings. The van der Waals surface area contributed by atoms with E-state index in [2.05, 4.69) is 67.9 Å². The summed E-state index contributed by atoms with van der Waals surface area (Å²) in [7, 11) is 0. The van der Waals surface area contributed by atoms with Crippen LogP contribution >= 0.6 is 0 Å². The van der Waals surface area contributed by atoms with Crippen LogP contribution in [0.15, 0.2) is 42.5 Å². The van der Waals surface area contributed by atoms with Crippen LogP contribution in [-0.2, 0) is 9.47 Å². The molecule has 1 aromatic carbocycles. The van der Waals surface area contributed by atoms with E-state index in [9.17, 15) is 0 Å². The third kappa shape index (κ3) is 8.91. The van der Waals surface area contributed by atoms with Crippen LogP contribution in [0.4, 0.5) is 0 Å². The van der Waals surface area contributed by atoms with Crippen molar-refractivity contribution in [2.45, 2.75) is 96.6 Å². The van der Waals surface area contributed by atoms with Crippen LogP contribution in [0.25, 0.3) is 0 Å². The Bertz CT molecular complexity index is 739. The van der Waals surface area contributed by atoms with Crippen molar-refractivity contribution in [3.8, 4) is 23.7 Å². The SMILES string of the molecule is CCCCCCC[C@H]1OC(C)(C)O[C@@H]1CC#CC#C/C=C/C(C)c1ccccc1. The molecule has 0 aliphatic carbocycles. The monoisotopic (exact) mass is 392 g/mol. The molecular weight excluding hydrogens is 356 g/mol. The van der Waals surface area contributed by atoms with Gasteiger partial charge in [0.15, 0.2) is 5.79 Å². The molecule has 2 rings (SSSR count). The van der Waals surface area contributed by atoms with E-state index in [1.807, 2.05) is 26.0 Å². The summed E-state index contributed by atoms with van der Waals surface area (Å²) in [5, 5.41) is 0. The first-order valence-electron chi connectivity index (χ1n) is 11.1. The summed E-state index contributed by atoms with van der Waals surface area (Å²) in [6.45, 7) is 8.39. The minimum absolute atomic E-state index is 0.0409. The maximum absolute atomic E-state index is 6.09. The van der Waals surface area contributed by atoms with Gasteiger partial charge >= 0.3 is 0 Å². The van der Waals surface area contributed by atoms with Gasteiger partial charge in [-0.05, 0) is 49.7 Å². The molecular formula is C27H36O2. The Balaban J connectivity index is 1.78. The lowest BCUT2D eigenvalue weighted by atomic mass is 10.0. The Morgan fingerprint density at radius 1 is 1.00 bits per heavy atom. The first-order valence-corrected chi connectivity index (χ1v) is 11.1. The second-order valence-corrected chi connectivity index (χ2v) is 8.25. The van der Waals surface area contributed by atoms with E-state index in [1.54, 1.807) is 0 Å². The zero-order chi connectivity index (χ0) is 21.0. The summed E-state index contributed by atoms with van der Waals surface area (Å²) >= 11 is 0. The quantitative estimate of drug-likeness (QED) is 0.347. The largest absolute Gasteiger partial charge is 0.345 e. The molecule has 1 aliphatic heterocycles. The molecule has 29 heavy (non-hydrogen) atoms. The molecule has 156 valence electrons. The minimum Gasteiger partial charge on any atom is -0.345 e. The van der Waals surface area contributed by atoms with Gasteiger partial charge in [0.05, 0.1) is 12.2 Å². The Labute approximate surface area is 178 Å². The lowest BCUT2D eigenvalue weighted by molar-refractivity contribution is -0.146. The van der Waals surface area contributed by atoms with Gasteiger partial charge in [0, 0.05) is 6.42 Å². The summed E-state index contributed by atoms with van der Waals surface area (Å²) in [5.41, 5.74) is 1.29. The lowest BCUT2D eigenvalue weighted by Gasteiger charge is -2.16. The molecule has 2 nitrogen and oxygen atoms in total. The highest BCUT2D eigenvalue weighted by Crippen LogP contribution is 2.32. The molecule has 1 unspecified atom stereocenters. The van der Waals surface area contributed by atoms with E-state index in [0.29, 0.717) is 12.3 Å². The third-order valence-electron chi connectivity index (χ3n) is 5.20. The average Bonchev–Trinajstić information content (AvgIpc) is 3.01. The molecule has 0 amide bonds. The fourth-order valence-corrected chi connectivity index (χ4v) is 3.61. The molecule has 0 bridgehead atoms. The molecule has 1 heterocycles. The molecule has 0 radical (unpaired) electrons. The van der Waals surface area contributed by atoms with Crippen LogP contribution in [0, 0.1) is 23.7 Å². The van der Waals surface area contributed by atoms with E-state index in [0.717, 1.165) is 6.42 Å². The zero-order valence-electron chi connectivity index (χ0n) is 18.5. The highest BCUT2D eigenvalue weighted by atomic mass is 16.7. The van der Waals surface area contributed by atoms with Crippen molar-refractivity contribution in [3.63, 3.8) is 0 Å². The number of unbranched alkanes of at least 4 members (excludes halogenated alkanes) is 4. The molecule has 1 saturated heterocycles. The Kier molecular flexibility index (Phi) is 10.1. The van der Waals surface area contributed by atoms with Gasteiger partial charge in [-0.15, -0.1) is 0 Å². The number of ether oxygens (including phenoxy) is 2. The highest BCUT2D eigenvalue weighted by Gasteiger charge is 2.40. The van der Waals surface area contributed by atoms with Crippen LogP contribution in [0.5, 0.6) is 0 Å². The summed E-state index contributed by atoms with van der Waals surface area (Å²) in [4.78, 5) is 0. The molecule has 0 saturated carbocycles. The molecule has 0 aromatic heterocycles. The molecule has 1 aliphatic rings. The van der Waals surface area contributed by atoms with E-state index < -0.39 is 5.79 Å². The molecule has 1 fully saturated rings. The minimum atomic E-state index is -0.511. The van der Waals surface area contributed by atoms with Crippen LogP contribution in [0.2, 0.25) is 0 Å². The van der Waals surface area contributed by atoms with Gasteiger partial charge in [0.25, 0.3) is 0 Å². The fourth-order valence-electron chi connectivity index (χ4n) is 3.61. The Morgan fingerprint density at radius 2 is 1.72 bits per heavy atom. The van der Waals surface area contributed by atoms with Crippen molar-refractivity contribution in [2.24, 2.45) is 0 Å². The van der Waals surface area contributed by atoms with Crippen molar-refractivity contribution in [2.75, 3.05) is 0 Å². The van der Waals surface area contributed by atoms with Gasteiger partial charge in [-0.25, -0.2) is 0 Å². The summed E-state index contributed by atoms with van der Waals surface area (Å²) in [6.07, 6.45) is 12.3. The smallest absolute Gasteiger partial charge is 0.163 e. The lowest BCUT2D eigenvalue weighted by Crippen LogP contribution is -2.21. The van der Waals surface area contributed by atoms with Gasteiger partial charge < -0.3 is 9.47 Å². The molecule has 3 atom stereocenters. The van der Waals surface area contributed by atoms with Crippen LogP contribution in [-0.4, -0.2) is 18.0 Å². The maximum atomic E-state index is 6.09. The summed E-state index contributed by atoms with van der Waals surface area (Å²) < 4.78 is 12.2. The second-order valence-electron chi connectivity index (χ2n) is 8.25. The van der Waals surface area contributed by atoms with Gasteiger partial charge in [-0.3, -0.25) is 0 Å². The summed E-state index contributed by atoms with van der Waals surface area (Å²) in [6, 6.07) is 10.4. The predicted molar refractivity (Wildman–Crippen MR) is 121 cm³/mol. The third-order valence-corrected chi connectivity index (χ3v) is 5.20.